The number of aromatic hydroxyl groups is 2. The van der Waals surface area contributed by atoms with Gasteiger partial charge in [-0.15, -0.1) is 0 Å². The highest BCUT2D eigenvalue weighted by molar-refractivity contribution is 7.91. The third-order valence-electron chi connectivity index (χ3n) is 4.34. The van der Waals surface area contributed by atoms with Gasteiger partial charge in [-0.3, -0.25) is 4.79 Å². The zero-order valence-electron chi connectivity index (χ0n) is 13.4. The van der Waals surface area contributed by atoms with E-state index >= 15 is 0 Å². The molecular weight excluding hydrogens is 350 g/mol. The number of amides is 1. The predicted molar refractivity (Wildman–Crippen MR) is 89.5 cm³/mol. The second kappa shape index (κ2) is 6.07. The van der Waals surface area contributed by atoms with Crippen molar-refractivity contribution in [2.24, 2.45) is 0 Å². The van der Waals surface area contributed by atoms with Crippen molar-refractivity contribution in [3.05, 3.63) is 33.7 Å². The molecule has 25 heavy (non-hydrogen) atoms. The van der Waals surface area contributed by atoms with Crippen molar-refractivity contribution in [2.75, 3.05) is 11.5 Å². The number of phenols is 2. The highest BCUT2D eigenvalue weighted by Gasteiger charge is 2.29. The lowest BCUT2D eigenvalue weighted by atomic mass is 10.0. The van der Waals surface area contributed by atoms with E-state index in [1.807, 2.05) is 0 Å². The molecule has 8 nitrogen and oxygen atoms in total. The SMILES string of the molecule is Cc1c(CC(=O)N[C@@H]2CCS(=O)(=O)C2)c(=O)oc2c(O)c(O)ccc12. The number of hydrogen-bond acceptors (Lipinski definition) is 7. The first-order chi connectivity index (χ1) is 11.7. The summed E-state index contributed by atoms with van der Waals surface area (Å²) in [6.07, 6.45) is 0.0921. The molecule has 1 amide bonds. The maximum absolute atomic E-state index is 12.2. The number of fused-ring (bicyclic) bond motifs is 1. The van der Waals surface area contributed by atoms with Gasteiger partial charge in [-0.05, 0) is 31.0 Å². The molecular formula is C16H17NO7S. The molecule has 3 N–H and O–H groups in total. The Hall–Kier alpha value is -2.55. The Morgan fingerprint density at radius 2 is 2.08 bits per heavy atom. The summed E-state index contributed by atoms with van der Waals surface area (Å²) >= 11 is 0. The minimum Gasteiger partial charge on any atom is -0.504 e. The maximum atomic E-state index is 12.2. The molecule has 1 aromatic heterocycles. The van der Waals surface area contributed by atoms with E-state index < -0.39 is 38.9 Å². The molecule has 1 aliphatic heterocycles. The lowest BCUT2D eigenvalue weighted by Crippen LogP contribution is -2.37. The van der Waals surface area contributed by atoms with Gasteiger partial charge in [0.1, 0.15) is 0 Å². The molecule has 9 heteroatoms. The second-order valence-electron chi connectivity index (χ2n) is 6.15. The quantitative estimate of drug-likeness (QED) is 0.527. The maximum Gasteiger partial charge on any atom is 0.340 e. The number of sulfone groups is 1. The number of benzene rings is 1. The van der Waals surface area contributed by atoms with Crippen LogP contribution in [0, 0.1) is 6.92 Å². The highest BCUT2D eigenvalue weighted by Crippen LogP contribution is 2.34. The van der Waals surface area contributed by atoms with E-state index in [0.717, 1.165) is 0 Å². The summed E-state index contributed by atoms with van der Waals surface area (Å²) in [6.45, 7) is 1.61. The Morgan fingerprint density at radius 3 is 2.72 bits per heavy atom. The fraction of sp³-hybridized carbons (Fsp3) is 0.375. The second-order valence-corrected chi connectivity index (χ2v) is 8.38. The minimum absolute atomic E-state index is 0.0395. The largest absolute Gasteiger partial charge is 0.504 e. The molecule has 3 rings (SSSR count). The Bertz CT molecular complexity index is 1020. The van der Waals surface area contributed by atoms with Gasteiger partial charge < -0.3 is 19.9 Å². The van der Waals surface area contributed by atoms with Crippen LogP contribution in [0.5, 0.6) is 11.5 Å². The molecule has 1 aromatic carbocycles. The van der Waals surface area contributed by atoms with Crippen molar-refractivity contribution in [3.8, 4) is 11.5 Å². The number of carbonyl (C=O) groups is 1. The van der Waals surface area contributed by atoms with E-state index in [2.05, 4.69) is 5.32 Å². The molecule has 0 radical (unpaired) electrons. The fourth-order valence-electron chi connectivity index (χ4n) is 2.98. The summed E-state index contributed by atoms with van der Waals surface area (Å²) in [5.74, 6) is -1.48. The molecule has 134 valence electrons. The molecule has 2 aromatic rings. The molecule has 2 heterocycles. The summed E-state index contributed by atoms with van der Waals surface area (Å²) in [5, 5.41) is 22.3. The molecule has 0 bridgehead atoms. The van der Waals surface area contributed by atoms with E-state index in [9.17, 15) is 28.2 Å². The van der Waals surface area contributed by atoms with Crippen LogP contribution in [0.25, 0.3) is 11.0 Å². The van der Waals surface area contributed by atoms with Crippen LogP contribution >= 0.6 is 0 Å². The lowest BCUT2D eigenvalue weighted by molar-refractivity contribution is -0.121. The first-order valence-electron chi connectivity index (χ1n) is 7.65. The Morgan fingerprint density at radius 1 is 1.36 bits per heavy atom. The van der Waals surface area contributed by atoms with Crippen molar-refractivity contribution in [3.63, 3.8) is 0 Å². The standard InChI is InChI=1S/C16H17NO7S/c1-8-10-2-3-12(18)14(20)15(10)24-16(21)11(8)6-13(19)17-9-4-5-25(22,23)7-9/h2-3,9,18,20H,4-7H2,1H3,(H,17,19)/t9-/m1/s1. The zero-order valence-corrected chi connectivity index (χ0v) is 14.2. The summed E-state index contributed by atoms with van der Waals surface area (Å²) in [7, 11) is -3.11. The molecule has 1 saturated heterocycles. The highest BCUT2D eigenvalue weighted by atomic mass is 32.2. The summed E-state index contributed by atoms with van der Waals surface area (Å²) < 4.78 is 27.9. The number of carbonyl (C=O) groups excluding carboxylic acids is 1. The molecule has 1 atom stereocenters. The van der Waals surface area contributed by atoms with Crippen LogP contribution in [0.3, 0.4) is 0 Å². The van der Waals surface area contributed by atoms with Gasteiger partial charge in [-0.25, -0.2) is 13.2 Å². The van der Waals surface area contributed by atoms with E-state index in [-0.39, 0.29) is 29.1 Å². The van der Waals surface area contributed by atoms with Crippen molar-refractivity contribution >= 4 is 26.7 Å². The van der Waals surface area contributed by atoms with Crippen LogP contribution in [0.4, 0.5) is 0 Å². The van der Waals surface area contributed by atoms with E-state index in [1.54, 1.807) is 6.92 Å². The number of phenolic OH excluding ortho intramolecular Hbond substituents is 2. The van der Waals surface area contributed by atoms with Crippen LogP contribution in [0.1, 0.15) is 17.5 Å². The lowest BCUT2D eigenvalue weighted by Gasteiger charge is -2.12. The van der Waals surface area contributed by atoms with Crippen molar-refractivity contribution < 1.29 is 27.8 Å². The minimum atomic E-state index is -3.11. The zero-order chi connectivity index (χ0) is 18.4. The number of nitrogens with one attached hydrogen (secondary N) is 1. The fourth-order valence-corrected chi connectivity index (χ4v) is 4.66. The van der Waals surface area contributed by atoms with Gasteiger partial charge >= 0.3 is 5.63 Å². The van der Waals surface area contributed by atoms with Crippen LogP contribution in [-0.2, 0) is 21.1 Å². The Kier molecular flexibility index (Phi) is 4.19. The molecule has 1 fully saturated rings. The van der Waals surface area contributed by atoms with Gasteiger partial charge in [0.05, 0.1) is 23.5 Å². The van der Waals surface area contributed by atoms with Crippen LogP contribution in [0.15, 0.2) is 21.3 Å². The number of hydrogen-bond donors (Lipinski definition) is 3. The number of aryl methyl sites for hydroxylation is 1. The van der Waals surface area contributed by atoms with Crippen molar-refractivity contribution in [1.29, 1.82) is 0 Å². The summed E-state index contributed by atoms with van der Waals surface area (Å²) in [5.41, 5.74) is -0.361. The van der Waals surface area contributed by atoms with Crippen LogP contribution < -0.4 is 10.9 Å². The van der Waals surface area contributed by atoms with E-state index in [1.165, 1.54) is 12.1 Å². The molecule has 1 aliphatic rings. The van der Waals surface area contributed by atoms with E-state index in [4.69, 9.17) is 4.42 Å². The monoisotopic (exact) mass is 367 g/mol. The Labute approximate surface area is 143 Å². The normalized spacial score (nSPS) is 19.2. The molecule has 0 saturated carbocycles. The van der Waals surface area contributed by atoms with Gasteiger partial charge in [0.2, 0.25) is 11.7 Å². The van der Waals surface area contributed by atoms with Crippen molar-refractivity contribution in [1.82, 2.24) is 5.32 Å². The van der Waals surface area contributed by atoms with Gasteiger partial charge in [-0.2, -0.15) is 0 Å². The molecule has 0 spiro atoms. The first kappa shape index (κ1) is 17.3. The van der Waals surface area contributed by atoms with Gasteiger partial charge in [-0.1, -0.05) is 0 Å². The predicted octanol–water partition coefficient (Wildman–Crippen LogP) is 0.358. The average Bonchev–Trinajstić information content (AvgIpc) is 2.86. The third-order valence-corrected chi connectivity index (χ3v) is 6.11. The van der Waals surface area contributed by atoms with Gasteiger partial charge in [0, 0.05) is 11.4 Å². The topological polar surface area (TPSA) is 134 Å². The average molecular weight is 367 g/mol. The van der Waals surface area contributed by atoms with Crippen LogP contribution in [-0.4, -0.2) is 42.1 Å². The summed E-state index contributed by atoms with van der Waals surface area (Å²) in [6, 6.07) is 2.29. The molecule has 0 unspecified atom stereocenters. The van der Waals surface area contributed by atoms with E-state index in [0.29, 0.717) is 17.4 Å². The Balaban J connectivity index is 1.88. The smallest absolute Gasteiger partial charge is 0.340 e. The first-order valence-corrected chi connectivity index (χ1v) is 9.47. The third kappa shape index (κ3) is 3.32. The summed E-state index contributed by atoms with van der Waals surface area (Å²) in [4.78, 5) is 24.3. The number of rotatable bonds is 3. The van der Waals surface area contributed by atoms with Crippen LogP contribution in [0.2, 0.25) is 0 Å². The van der Waals surface area contributed by atoms with Crippen molar-refractivity contribution in [2.45, 2.75) is 25.8 Å². The van der Waals surface area contributed by atoms with Gasteiger partial charge in [0.25, 0.3) is 0 Å². The van der Waals surface area contributed by atoms with Gasteiger partial charge in [0.15, 0.2) is 21.2 Å². The molecule has 0 aliphatic carbocycles.